The predicted octanol–water partition coefficient (Wildman–Crippen LogP) is 5.88. The molecule has 0 atom stereocenters. The zero-order chi connectivity index (χ0) is 23.2. The summed E-state index contributed by atoms with van der Waals surface area (Å²) in [7, 11) is 1.87. The van der Waals surface area contributed by atoms with Crippen LogP contribution in [-0.2, 0) is 7.05 Å². The molecule has 1 aliphatic carbocycles. The molecule has 0 amide bonds. The van der Waals surface area contributed by atoms with Gasteiger partial charge in [-0.05, 0) is 50.1 Å². The lowest BCUT2D eigenvalue weighted by Crippen LogP contribution is -2.24. The van der Waals surface area contributed by atoms with Gasteiger partial charge in [0.05, 0.1) is 22.4 Å². The van der Waals surface area contributed by atoms with Crippen molar-refractivity contribution in [3.05, 3.63) is 83.0 Å². The molecule has 6 rings (SSSR count). The van der Waals surface area contributed by atoms with Gasteiger partial charge >= 0.3 is 5.69 Å². The summed E-state index contributed by atoms with van der Waals surface area (Å²) in [6.07, 6.45) is 8.11. The summed E-state index contributed by atoms with van der Waals surface area (Å²) >= 11 is 0. The molecule has 1 fully saturated rings. The molecule has 0 aliphatic heterocycles. The maximum absolute atomic E-state index is 13.1. The number of rotatable bonds is 4. The number of hydrogen-bond donors (Lipinski definition) is 1. The maximum atomic E-state index is 13.1. The van der Waals surface area contributed by atoms with Crippen molar-refractivity contribution in [2.24, 2.45) is 7.05 Å². The van der Waals surface area contributed by atoms with E-state index in [2.05, 4.69) is 59.4 Å². The highest BCUT2D eigenvalue weighted by molar-refractivity contribution is 5.87. The minimum absolute atomic E-state index is 0.0682. The van der Waals surface area contributed by atoms with Crippen molar-refractivity contribution in [2.75, 3.05) is 0 Å². The van der Waals surface area contributed by atoms with E-state index in [1.807, 2.05) is 29.9 Å². The van der Waals surface area contributed by atoms with Crippen molar-refractivity contribution >= 4 is 11.0 Å². The molecule has 5 aromatic rings. The standard InChI is InChI=1S/C28H27N5O/c1-18-7-5-8-19(15-18)25-26(31-27(30-25)21-9-6-14-29-17-21)20-12-13-23-24(16-20)32(2)28(34)33(23)22-10-3-4-11-22/h5-9,12-17,22H,3-4,10-11H2,1-2H3,(H,30,31). The number of aromatic amines is 1. The second kappa shape index (κ2) is 8.13. The molecule has 6 heteroatoms. The van der Waals surface area contributed by atoms with Crippen molar-refractivity contribution in [3.8, 4) is 33.9 Å². The molecule has 34 heavy (non-hydrogen) atoms. The zero-order valence-electron chi connectivity index (χ0n) is 19.5. The first kappa shape index (κ1) is 20.7. The number of imidazole rings is 2. The molecule has 0 spiro atoms. The number of pyridine rings is 1. The summed E-state index contributed by atoms with van der Waals surface area (Å²) in [6, 6.07) is 18.9. The van der Waals surface area contributed by atoms with Crippen LogP contribution >= 0.6 is 0 Å². The third kappa shape index (κ3) is 3.37. The van der Waals surface area contributed by atoms with Crippen molar-refractivity contribution in [1.82, 2.24) is 24.1 Å². The second-order valence-electron chi connectivity index (χ2n) is 9.27. The number of fused-ring (bicyclic) bond motifs is 1. The Hall–Kier alpha value is -3.93. The lowest BCUT2D eigenvalue weighted by atomic mass is 10.0. The number of hydrogen-bond acceptors (Lipinski definition) is 3. The van der Waals surface area contributed by atoms with E-state index >= 15 is 0 Å². The van der Waals surface area contributed by atoms with Gasteiger partial charge in [-0.2, -0.15) is 0 Å². The molecule has 3 aromatic heterocycles. The number of benzene rings is 2. The van der Waals surface area contributed by atoms with Crippen molar-refractivity contribution in [1.29, 1.82) is 0 Å². The fourth-order valence-corrected chi connectivity index (χ4v) is 5.26. The Bertz CT molecular complexity index is 1550. The average Bonchev–Trinajstić information content (AvgIpc) is 3.59. The third-order valence-electron chi connectivity index (χ3n) is 7.00. The lowest BCUT2D eigenvalue weighted by Gasteiger charge is -2.11. The van der Waals surface area contributed by atoms with E-state index in [0.717, 1.165) is 57.8 Å². The van der Waals surface area contributed by atoms with E-state index in [1.165, 1.54) is 18.4 Å². The molecule has 0 saturated heterocycles. The molecule has 1 aliphatic rings. The van der Waals surface area contributed by atoms with Crippen LogP contribution in [0.4, 0.5) is 0 Å². The Kier molecular flexibility index (Phi) is 4.94. The minimum atomic E-state index is 0.0682. The molecule has 0 unspecified atom stereocenters. The topological polar surface area (TPSA) is 68.5 Å². The Morgan fingerprint density at radius 1 is 0.941 bits per heavy atom. The first-order valence-electron chi connectivity index (χ1n) is 11.9. The van der Waals surface area contributed by atoms with Crippen LogP contribution in [0.25, 0.3) is 44.9 Å². The fourth-order valence-electron chi connectivity index (χ4n) is 5.26. The zero-order valence-corrected chi connectivity index (χ0v) is 19.5. The fraction of sp³-hybridized carbons (Fsp3) is 0.250. The van der Waals surface area contributed by atoms with E-state index in [9.17, 15) is 4.79 Å². The van der Waals surface area contributed by atoms with Gasteiger partial charge in [-0.15, -0.1) is 0 Å². The normalized spacial score (nSPS) is 14.3. The van der Waals surface area contributed by atoms with E-state index in [0.29, 0.717) is 6.04 Å². The van der Waals surface area contributed by atoms with Crippen LogP contribution in [0, 0.1) is 6.92 Å². The van der Waals surface area contributed by atoms with Crippen molar-refractivity contribution < 1.29 is 0 Å². The Labute approximate surface area is 197 Å². The van der Waals surface area contributed by atoms with Crippen LogP contribution in [0.15, 0.2) is 71.8 Å². The molecule has 6 nitrogen and oxygen atoms in total. The number of aromatic nitrogens is 5. The molecule has 1 N–H and O–H groups in total. The molecule has 3 heterocycles. The van der Waals surface area contributed by atoms with Crippen LogP contribution in [-0.4, -0.2) is 24.1 Å². The van der Waals surface area contributed by atoms with Crippen LogP contribution < -0.4 is 5.69 Å². The quantitative estimate of drug-likeness (QED) is 0.372. The molecule has 0 radical (unpaired) electrons. The summed E-state index contributed by atoms with van der Waals surface area (Å²) in [5.41, 5.74) is 8.02. The predicted molar refractivity (Wildman–Crippen MR) is 136 cm³/mol. The van der Waals surface area contributed by atoms with Gasteiger partial charge in [0.1, 0.15) is 5.82 Å². The highest BCUT2D eigenvalue weighted by Gasteiger charge is 2.23. The Balaban J connectivity index is 1.55. The van der Waals surface area contributed by atoms with E-state index < -0.39 is 0 Å². The average molecular weight is 450 g/mol. The Morgan fingerprint density at radius 3 is 2.53 bits per heavy atom. The van der Waals surface area contributed by atoms with E-state index in [4.69, 9.17) is 4.98 Å². The van der Waals surface area contributed by atoms with Crippen LogP contribution in [0.2, 0.25) is 0 Å². The summed E-state index contributed by atoms with van der Waals surface area (Å²) in [5, 5.41) is 0. The van der Waals surface area contributed by atoms with Gasteiger partial charge < -0.3 is 4.98 Å². The van der Waals surface area contributed by atoms with Gasteiger partial charge in [0.2, 0.25) is 0 Å². The number of H-pyrrole nitrogens is 1. The Morgan fingerprint density at radius 2 is 1.76 bits per heavy atom. The van der Waals surface area contributed by atoms with E-state index in [-0.39, 0.29) is 5.69 Å². The van der Waals surface area contributed by atoms with Gasteiger partial charge in [-0.25, -0.2) is 9.78 Å². The molecule has 2 aromatic carbocycles. The first-order chi connectivity index (χ1) is 16.6. The van der Waals surface area contributed by atoms with Gasteiger partial charge in [0.15, 0.2) is 0 Å². The second-order valence-corrected chi connectivity index (χ2v) is 9.27. The monoisotopic (exact) mass is 449 g/mol. The number of nitrogens with one attached hydrogen (secondary N) is 1. The van der Waals surface area contributed by atoms with E-state index in [1.54, 1.807) is 10.8 Å². The van der Waals surface area contributed by atoms with Gasteiger partial charge in [0.25, 0.3) is 0 Å². The smallest absolute Gasteiger partial charge is 0.329 e. The minimum Gasteiger partial charge on any atom is -0.337 e. The molecular weight excluding hydrogens is 422 g/mol. The maximum Gasteiger partial charge on any atom is 0.329 e. The van der Waals surface area contributed by atoms with Crippen molar-refractivity contribution in [3.63, 3.8) is 0 Å². The van der Waals surface area contributed by atoms with Gasteiger partial charge in [-0.3, -0.25) is 14.1 Å². The van der Waals surface area contributed by atoms with Gasteiger partial charge in [-0.1, -0.05) is 42.7 Å². The molecule has 170 valence electrons. The first-order valence-corrected chi connectivity index (χ1v) is 11.9. The molecular formula is C28H27N5O. The molecule has 0 bridgehead atoms. The van der Waals surface area contributed by atoms with Crippen LogP contribution in [0.5, 0.6) is 0 Å². The number of aryl methyl sites for hydroxylation is 2. The summed E-state index contributed by atoms with van der Waals surface area (Å²) in [4.78, 5) is 25.9. The summed E-state index contributed by atoms with van der Waals surface area (Å²) in [5.74, 6) is 0.775. The largest absolute Gasteiger partial charge is 0.337 e. The number of nitrogens with zero attached hydrogens (tertiary/aromatic N) is 4. The summed E-state index contributed by atoms with van der Waals surface area (Å²) in [6.45, 7) is 2.09. The summed E-state index contributed by atoms with van der Waals surface area (Å²) < 4.78 is 3.78. The highest BCUT2D eigenvalue weighted by Crippen LogP contribution is 2.36. The van der Waals surface area contributed by atoms with Crippen LogP contribution in [0.1, 0.15) is 37.3 Å². The SMILES string of the molecule is Cc1cccc(-c2nc(-c3cccnc3)[nH]c2-c2ccc3c(c2)n(C)c(=O)n3C2CCCC2)c1. The molecule has 1 saturated carbocycles. The third-order valence-corrected chi connectivity index (χ3v) is 7.00. The highest BCUT2D eigenvalue weighted by atomic mass is 16.1. The lowest BCUT2D eigenvalue weighted by molar-refractivity contribution is 0.509. The van der Waals surface area contributed by atoms with Crippen molar-refractivity contribution in [2.45, 2.75) is 38.6 Å². The van der Waals surface area contributed by atoms with Crippen LogP contribution in [0.3, 0.4) is 0 Å². The van der Waals surface area contributed by atoms with Gasteiger partial charge in [0, 0.05) is 42.2 Å².